The van der Waals surface area contributed by atoms with Crippen molar-refractivity contribution in [3.8, 4) is 22.3 Å². The second kappa shape index (κ2) is 9.72. The monoisotopic (exact) mass is 730 g/mol. The van der Waals surface area contributed by atoms with Gasteiger partial charge in [-0.15, -0.1) is 0 Å². The number of halogens is 2. The first-order valence-electron chi connectivity index (χ1n) is 15.6. The standard InChI is InChI=1S/C43H25Br2P/c1-46-43(25-14-6-3-7-15-25)33-19-11-10-18-28(33)38-30-21-22-31-36-29(20-23-32(37(30)36)42(45)40(38)43)35-27-17-9-8-16-26(27)34(39(35)41(31)44)24-12-4-2-5-13-24/h2-23,34H,1H2. The molecule has 8 aromatic rings. The Bertz CT molecular complexity index is 2570. The summed E-state index contributed by atoms with van der Waals surface area (Å²) in [6.07, 6.45) is 4.58. The van der Waals surface area contributed by atoms with Crippen LogP contribution in [0.25, 0.3) is 54.6 Å². The van der Waals surface area contributed by atoms with Crippen molar-refractivity contribution >= 4 is 78.7 Å². The molecule has 216 valence electrons. The Labute approximate surface area is 286 Å². The zero-order chi connectivity index (χ0) is 30.7. The fraction of sp³-hybridized carbons (Fsp3) is 0.0465. The highest BCUT2D eigenvalue weighted by Crippen LogP contribution is 2.64. The lowest BCUT2D eigenvalue weighted by Crippen LogP contribution is -2.20. The number of rotatable bonds is 3. The van der Waals surface area contributed by atoms with Gasteiger partial charge >= 0.3 is 0 Å². The maximum atomic E-state index is 4.58. The minimum atomic E-state index is -0.375. The minimum Gasteiger partial charge on any atom is -0.0908 e. The molecular formula is C43H25Br2P. The molecule has 0 bridgehead atoms. The van der Waals surface area contributed by atoms with E-state index in [1.54, 1.807) is 0 Å². The minimum absolute atomic E-state index is 0.175. The molecule has 0 heterocycles. The first-order valence-corrected chi connectivity index (χ1v) is 18.2. The van der Waals surface area contributed by atoms with Gasteiger partial charge in [0.2, 0.25) is 0 Å². The molecule has 0 nitrogen and oxygen atoms in total. The van der Waals surface area contributed by atoms with Crippen LogP contribution in [0.4, 0.5) is 0 Å². The van der Waals surface area contributed by atoms with Gasteiger partial charge in [0.05, 0.1) is 5.16 Å². The van der Waals surface area contributed by atoms with E-state index in [4.69, 9.17) is 0 Å². The van der Waals surface area contributed by atoms with Crippen molar-refractivity contribution in [1.29, 1.82) is 0 Å². The molecule has 0 saturated heterocycles. The fourth-order valence-corrected chi connectivity index (χ4v) is 11.6. The zero-order valence-corrected chi connectivity index (χ0v) is 28.8. The van der Waals surface area contributed by atoms with Crippen LogP contribution in [0.15, 0.2) is 142 Å². The zero-order valence-electron chi connectivity index (χ0n) is 24.7. The molecule has 3 heteroatoms. The van der Waals surface area contributed by atoms with Crippen LogP contribution in [0, 0.1) is 0 Å². The summed E-state index contributed by atoms with van der Waals surface area (Å²) >= 11 is 8.47. The summed E-state index contributed by atoms with van der Waals surface area (Å²) in [5, 5.41) is 7.42. The third kappa shape index (κ3) is 3.23. The maximum Gasteiger partial charge on any atom is 0.0886 e. The lowest BCUT2D eigenvalue weighted by Gasteiger charge is -2.30. The molecule has 2 aliphatic carbocycles. The smallest absolute Gasteiger partial charge is 0.0886 e. The van der Waals surface area contributed by atoms with Crippen LogP contribution < -0.4 is 0 Å². The summed E-state index contributed by atoms with van der Waals surface area (Å²) in [6, 6.07) is 49.4. The van der Waals surface area contributed by atoms with Crippen molar-refractivity contribution in [3.05, 3.63) is 176 Å². The van der Waals surface area contributed by atoms with Crippen molar-refractivity contribution < 1.29 is 0 Å². The van der Waals surface area contributed by atoms with Gasteiger partial charge in [-0.25, -0.2) is 0 Å². The Morgan fingerprint density at radius 1 is 0.543 bits per heavy atom. The van der Waals surface area contributed by atoms with Gasteiger partial charge < -0.3 is 0 Å². The SMILES string of the molecule is C=PC1(c2ccccc2)c2ccccc2-c2c1c(Br)c1ccc3c4c(c(Br)c5ccc2c1c53)C(c1ccccc1)c1ccccc1-4. The van der Waals surface area contributed by atoms with E-state index in [-0.39, 0.29) is 11.1 Å². The van der Waals surface area contributed by atoms with E-state index in [1.807, 2.05) is 0 Å². The third-order valence-corrected chi connectivity index (χ3v) is 13.4. The van der Waals surface area contributed by atoms with Gasteiger partial charge in [-0.05, 0) is 120 Å². The van der Waals surface area contributed by atoms with Gasteiger partial charge in [-0.2, -0.15) is 0 Å². The van der Waals surface area contributed by atoms with E-state index in [9.17, 15) is 0 Å². The summed E-state index contributed by atoms with van der Waals surface area (Å²) < 4.78 is 2.36. The average molecular weight is 732 g/mol. The predicted octanol–water partition coefficient (Wildman–Crippen LogP) is 12.9. The van der Waals surface area contributed by atoms with Crippen molar-refractivity contribution in [2.75, 3.05) is 0 Å². The molecular weight excluding hydrogens is 707 g/mol. The van der Waals surface area contributed by atoms with Crippen LogP contribution in [0.5, 0.6) is 0 Å². The van der Waals surface area contributed by atoms with Crippen molar-refractivity contribution in [1.82, 2.24) is 0 Å². The van der Waals surface area contributed by atoms with Crippen LogP contribution >= 0.6 is 40.1 Å². The predicted molar refractivity (Wildman–Crippen MR) is 204 cm³/mol. The van der Waals surface area contributed by atoms with Crippen molar-refractivity contribution in [3.63, 3.8) is 0 Å². The molecule has 2 atom stereocenters. The summed E-state index contributed by atoms with van der Waals surface area (Å²) in [7, 11) is 1.04. The Hall–Kier alpha value is -4.07. The lowest BCUT2D eigenvalue weighted by atomic mass is 9.83. The molecule has 10 rings (SSSR count). The van der Waals surface area contributed by atoms with Crippen molar-refractivity contribution in [2.24, 2.45) is 0 Å². The van der Waals surface area contributed by atoms with E-state index in [2.05, 4.69) is 172 Å². The molecule has 2 aliphatic rings. The topological polar surface area (TPSA) is 0 Å². The van der Waals surface area contributed by atoms with Crippen LogP contribution in [0.2, 0.25) is 0 Å². The van der Waals surface area contributed by atoms with Crippen LogP contribution in [-0.2, 0) is 5.16 Å². The normalized spacial score (nSPS) is 17.9. The quantitative estimate of drug-likeness (QED) is 0.125. The Morgan fingerprint density at radius 3 is 1.83 bits per heavy atom. The molecule has 8 aromatic carbocycles. The third-order valence-electron chi connectivity index (χ3n) is 10.5. The van der Waals surface area contributed by atoms with Gasteiger partial charge in [0.1, 0.15) is 0 Å². The Morgan fingerprint density at radius 2 is 1.11 bits per heavy atom. The van der Waals surface area contributed by atoms with Gasteiger partial charge in [0, 0.05) is 14.9 Å². The summed E-state index contributed by atoms with van der Waals surface area (Å²) in [4.78, 5) is 0. The largest absolute Gasteiger partial charge is 0.0908 e. The molecule has 0 saturated carbocycles. The van der Waals surface area contributed by atoms with Gasteiger partial charge in [-0.3, -0.25) is 0 Å². The Kier molecular flexibility index (Phi) is 5.72. The number of hydrogen-bond acceptors (Lipinski definition) is 0. The highest BCUT2D eigenvalue weighted by atomic mass is 79.9. The highest BCUT2D eigenvalue weighted by Gasteiger charge is 2.46. The molecule has 0 spiro atoms. The first kappa shape index (κ1) is 27.1. The number of benzene rings is 8. The maximum absolute atomic E-state index is 4.58. The lowest BCUT2D eigenvalue weighted by molar-refractivity contribution is 0.925. The molecule has 0 aromatic heterocycles. The van der Waals surface area contributed by atoms with E-state index >= 15 is 0 Å². The molecule has 2 unspecified atom stereocenters. The second-order valence-corrected chi connectivity index (χ2v) is 15.0. The van der Waals surface area contributed by atoms with E-state index in [0.29, 0.717) is 0 Å². The Balaban J connectivity index is 1.38. The first-order chi connectivity index (χ1) is 22.6. The summed E-state index contributed by atoms with van der Waals surface area (Å²) in [6.45, 7) is 0. The van der Waals surface area contributed by atoms with E-state index < -0.39 is 0 Å². The molecule has 0 fully saturated rings. The van der Waals surface area contributed by atoms with Gasteiger partial charge in [0.25, 0.3) is 0 Å². The number of hydrogen-bond donors (Lipinski definition) is 0. The van der Waals surface area contributed by atoms with E-state index in [0.717, 1.165) is 8.20 Å². The fourth-order valence-electron chi connectivity index (χ4n) is 8.75. The van der Waals surface area contributed by atoms with Gasteiger partial charge in [0.15, 0.2) is 0 Å². The molecule has 0 amide bonds. The van der Waals surface area contributed by atoms with E-state index in [1.165, 1.54) is 96.9 Å². The second-order valence-electron chi connectivity index (χ2n) is 12.4. The van der Waals surface area contributed by atoms with Crippen molar-refractivity contribution in [2.45, 2.75) is 11.1 Å². The summed E-state index contributed by atoms with van der Waals surface area (Å²) in [5.74, 6) is 0.175. The molecule has 46 heavy (non-hydrogen) atoms. The number of fused-ring (bicyclic) bond motifs is 8. The molecule has 0 N–H and O–H groups in total. The average Bonchev–Trinajstić information content (AvgIpc) is 3.63. The van der Waals surface area contributed by atoms with Gasteiger partial charge in [-0.1, -0.05) is 148 Å². The van der Waals surface area contributed by atoms with Crippen LogP contribution in [0.3, 0.4) is 0 Å². The molecule has 0 aliphatic heterocycles. The van der Waals surface area contributed by atoms with Crippen LogP contribution in [0.1, 0.15) is 39.3 Å². The van der Waals surface area contributed by atoms with Crippen LogP contribution in [-0.4, -0.2) is 6.30 Å². The summed E-state index contributed by atoms with van der Waals surface area (Å²) in [5.41, 5.74) is 13.3. The highest BCUT2D eigenvalue weighted by molar-refractivity contribution is 9.11. The molecule has 0 radical (unpaired) electrons.